The van der Waals surface area contributed by atoms with E-state index < -0.39 is 0 Å². The van der Waals surface area contributed by atoms with Gasteiger partial charge in [0.05, 0.1) is 0 Å². The average Bonchev–Trinajstić information content (AvgIpc) is 2.73. The number of hydrogen-bond acceptors (Lipinski definition) is 4. The highest BCUT2D eigenvalue weighted by molar-refractivity contribution is 7.13. The van der Waals surface area contributed by atoms with E-state index in [4.69, 9.17) is 5.73 Å². The van der Waals surface area contributed by atoms with E-state index in [0.717, 1.165) is 27.8 Å². The highest BCUT2D eigenvalue weighted by atomic mass is 32.1. The van der Waals surface area contributed by atoms with Gasteiger partial charge in [-0.25, -0.2) is 4.98 Å². The van der Waals surface area contributed by atoms with Gasteiger partial charge in [-0.05, 0) is 49.9 Å². The maximum absolute atomic E-state index is 12.5. The molecule has 0 aliphatic carbocycles. The topological polar surface area (TPSA) is 56.0 Å². The van der Waals surface area contributed by atoms with Crippen LogP contribution in [0.25, 0.3) is 0 Å². The van der Waals surface area contributed by atoms with E-state index >= 15 is 0 Å². The zero-order valence-electron chi connectivity index (χ0n) is 11.0. The molecule has 0 amide bonds. The van der Waals surface area contributed by atoms with Crippen LogP contribution in [-0.2, 0) is 0 Å². The predicted molar refractivity (Wildman–Crippen MR) is 75.3 cm³/mol. The van der Waals surface area contributed by atoms with Crippen molar-refractivity contribution in [2.45, 2.75) is 27.7 Å². The maximum atomic E-state index is 12.5. The first-order chi connectivity index (χ1) is 8.41. The van der Waals surface area contributed by atoms with Crippen molar-refractivity contribution in [3.8, 4) is 0 Å². The first-order valence-electron chi connectivity index (χ1n) is 5.75. The lowest BCUT2D eigenvalue weighted by Crippen LogP contribution is -2.09. The third-order valence-electron chi connectivity index (χ3n) is 3.35. The second-order valence-corrected chi connectivity index (χ2v) is 5.43. The molecule has 0 bridgehead atoms. The number of nitrogens with zero attached hydrogens (tertiary/aromatic N) is 1. The van der Waals surface area contributed by atoms with Gasteiger partial charge in [-0.2, -0.15) is 0 Å². The summed E-state index contributed by atoms with van der Waals surface area (Å²) in [6.07, 6.45) is 0. The highest BCUT2D eigenvalue weighted by Gasteiger charge is 2.19. The number of anilines is 1. The Hall–Kier alpha value is -1.68. The summed E-state index contributed by atoms with van der Waals surface area (Å²) in [5.41, 5.74) is 11.1. The Morgan fingerprint density at radius 1 is 1.17 bits per heavy atom. The SMILES string of the molecule is Cc1cc(C)c(C)c(C(=O)c2csc(N)n2)c1C. The maximum Gasteiger partial charge on any atom is 0.212 e. The molecule has 3 nitrogen and oxygen atoms in total. The van der Waals surface area contributed by atoms with Crippen LogP contribution in [0.15, 0.2) is 11.4 Å². The van der Waals surface area contributed by atoms with E-state index in [1.54, 1.807) is 5.38 Å². The molecular formula is C14H16N2OS. The van der Waals surface area contributed by atoms with Gasteiger partial charge < -0.3 is 5.73 Å². The summed E-state index contributed by atoms with van der Waals surface area (Å²) < 4.78 is 0. The number of hydrogen-bond donors (Lipinski definition) is 1. The van der Waals surface area contributed by atoms with Gasteiger partial charge in [0.2, 0.25) is 5.78 Å². The van der Waals surface area contributed by atoms with Gasteiger partial charge in [-0.1, -0.05) is 6.07 Å². The molecule has 2 N–H and O–H groups in total. The number of rotatable bonds is 2. The first-order valence-corrected chi connectivity index (χ1v) is 6.63. The molecule has 2 rings (SSSR count). The minimum atomic E-state index is -0.0373. The van der Waals surface area contributed by atoms with E-state index in [9.17, 15) is 4.79 Å². The quantitative estimate of drug-likeness (QED) is 0.844. The summed E-state index contributed by atoms with van der Waals surface area (Å²) in [7, 11) is 0. The molecule has 1 aromatic carbocycles. The lowest BCUT2D eigenvalue weighted by atomic mass is 9.91. The normalized spacial score (nSPS) is 10.7. The van der Waals surface area contributed by atoms with Crippen molar-refractivity contribution < 1.29 is 4.79 Å². The zero-order valence-corrected chi connectivity index (χ0v) is 11.8. The first kappa shape index (κ1) is 12.8. The second-order valence-electron chi connectivity index (χ2n) is 4.54. The van der Waals surface area contributed by atoms with Crippen LogP contribution in [0.4, 0.5) is 5.13 Å². The smallest absolute Gasteiger partial charge is 0.212 e. The fraction of sp³-hybridized carbons (Fsp3) is 0.286. The molecule has 0 atom stereocenters. The highest BCUT2D eigenvalue weighted by Crippen LogP contribution is 2.25. The molecule has 18 heavy (non-hydrogen) atoms. The van der Waals surface area contributed by atoms with E-state index in [-0.39, 0.29) is 5.78 Å². The average molecular weight is 260 g/mol. The molecule has 0 saturated carbocycles. The molecule has 1 aromatic heterocycles. The van der Waals surface area contributed by atoms with Crippen molar-refractivity contribution in [2.24, 2.45) is 0 Å². The van der Waals surface area contributed by atoms with Crippen LogP contribution < -0.4 is 5.73 Å². The number of nitrogen functional groups attached to an aromatic ring is 1. The van der Waals surface area contributed by atoms with Crippen molar-refractivity contribution in [3.05, 3.63) is 45.0 Å². The van der Waals surface area contributed by atoms with Gasteiger partial charge in [0, 0.05) is 10.9 Å². The molecular weight excluding hydrogens is 244 g/mol. The van der Waals surface area contributed by atoms with E-state index in [2.05, 4.69) is 11.1 Å². The Balaban J connectivity index is 2.61. The molecule has 0 fully saturated rings. The number of carbonyl (C=O) groups is 1. The van der Waals surface area contributed by atoms with Crippen LogP contribution in [0.3, 0.4) is 0 Å². The number of benzene rings is 1. The molecule has 0 saturated heterocycles. The zero-order chi connectivity index (χ0) is 13.4. The second kappa shape index (κ2) is 4.53. The van der Waals surface area contributed by atoms with Gasteiger partial charge in [-0.3, -0.25) is 4.79 Å². The van der Waals surface area contributed by atoms with E-state index in [0.29, 0.717) is 10.8 Å². The van der Waals surface area contributed by atoms with Gasteiger partial charge in [-0.15, -0.1) is 11.3 Å². The number of nitrogens with two attached hydrogens (primary N) is 1. The van der Waals surface area contributed by atoms with Gasteiger partial charge >= 0.3 is 0 Å². The molecule has 0 radical (unpaired) electrons. The van der Waals surface area contributed by atoms with Gasteiger partial charge in [0.25, 0.3) is 0 Å². The molecule has 2 aromatic rings. The van der Waals surface area contributed by atoms with Crippen LogP contribution in [0, 0.1) is 27.7 Å². The number of aromatic nitrogens is 1. The van der Waals surface area contributed by atoms with E-state index in [1.165, 1.54) is 11.3 Å². The van der Waals surface area contributed by atoms with Crippen molar-refractivity contribution in [3.63, 3.8) is 0 Å². The minimum Gasteiger partial charge on any atom is -0.375 e. The van der Waals surface area contributed by atoms with Crippen molar-refractivity contribution in [1.29, 1.82) is 0 Å². The number of aryl methyl sites for hydroxylation is 2. The van der Waals surface area contributed by atoms with Crippen LogP contribution in [-0.4, -0.2) is 10.8 Å². The summed E-state index contributed by atoms with van der Waals surface area (Å²) in [4.78, 5) is 16.6. The Morgan fingerprint density at radius 2 is 1.72 bits per heavy atom. The molecule has 0 unspecified atom stereocenters. The number of thiazole rings is 1. The van der Waals surface area contributed by atoms with Crippen molar-refractivity contribution in [2.75, 3.05) is 5.73 Å². The van der Waals surface area contributed by atoms with Crippen LogP contribution >= 0.6 is 11.3 Å². The largest absolute Gasteiger partial charge is 0.375 e. The molecule has 0 aliphatic heterocycles. The third-order valence-corrected chi connectivity index (χ3v) is 4.02. The lowest BCUT2D eigenvalue weighted by Gasteiger charge is -2.13. The molecule has 94 valence electrons. The van der Waals surface area contributed by atoms with Crippen molar-refractivity contribution >= 4 is 22.3 Å². The van der Waals surface area contributed by atoms with Crippen LogP contribution in [0.1, 0.15) is 38.3 Å². The predicted octanol–water partition coefficient (Wildman–Crippen LogP) is 3.19. The fourth-order valence-electron chi connectivity index (χ4n) is 2.08. The Labute approximate surface area is 111 Å². The lowest BCUT2D eigenvalue weighted by molar-refractivity contribution is 0.103. The number of carbonyl (C=O) groups excluding carboxylic acids is 1. The van der Waals surface area contributed by atoms with Crippen molar-refractivity contribution in [1.82, 2.24) is 4.98 Å². The van der Waals surface area contributed by atoms with E-state index in [1.807, 2.05) is 27.7 Å². The molecule has 1 heterocycles. The molecule has 4 heteroatoms. The number of ketones is 1. The summed E-state index contributed by atoms with van der Waals surface area (Å²) >= 11 is 1.29. The fourth-order valence-corrected chi connectivity index (χ4v) is 2.62. The summed E-state index contributed by atoms with van der Waals surface area (Å²) in [5.74, 6) is -0.0373. The monoisotopic (exact) mass is 260 g/mol. The van der Waals surface area contributed by atoms with Crippen LogP contribution in [0.2, 0.25) is 0 Å². The Morgan fingerprint density at radius 3 is 2.17 bits per heavy atom. The summed E-state index contributed by atoms with van der Waals surface area (Å²) in [5, 5.41) is 2.15. The third kappa shape index (κ3) is 2.04. The van der Waals surface area contributed by atoms with Gasteiger partial charge in [0.15, 0.2) is 5.13 Å². The molecule has 0 aliphatic rings. The van der Waals surface area contributed by atoms with Crippen LogP contribution in [0.5, 0.6) is 0 Å². The summed E-state index contributed by atoms with van der Waals surface area (Å²) in [6.45, 7) is 8.00. The minimum absolute atomic E-state index is 0.0373. The standard InChI is InChI=1S/C14H16N2OS/c1-7-5-8(2)10(4)12(9(7)3)13(17)11-6-18-14(15)16-11/h5-6H,1-4H3,(H2,15,16). The Kier molecular flexibility index (Phi) is 3.22. The van der Waals surface area contributed by atoms with Gasteiger partial charge in [0.1, 0.15) is 5.69 Å². The Bertz CT molecular complexity index is 603. The molecule has 0 spiro atoms. The summed E-state index contributed by atoms with van der Waals surface area (Å²) in [6, 6.07) is 2.11.